The summed E-state index contributed by atoms with van der Waals surface area (Å²) in [5.74, 6) is -1.11. The lowest BCUT2D eigenvalue weighted by molar-refractivity contribution is 0.0746. The molecule has 17 nitrogen and oxygen atoms in total. The third kappa shape index (κ3) is 17.7. The number of hydrogen-bond donors (Lipinski definition) is 5. The summed E-state index contributed by atoms with van der Waals surface area (Å²) in [6.07, 6.45) is -2.78. The smallest absolute Gasteiger partial charge is 0.407 e. The number of anilines is 1. The van der Waals surface area contributed by atoms with Crippen molar-refractivity contribution in [1.29, 1.82) is 0 Å². The SMILES string of the molecule is Nc1cc(C(=O)N(CCNC(=O)OCc2ccccc2)CCNC(=O)OCc2ccccc2)cc(C(=O)N(CCNC(=O)OCc2ccccc2)CCNC(=O)OCc2ccccc2)c1. The summed E-state index contributed by atoms with van der Waals surface area (Å²) in [5, 5.41) is 10.6. The third-order valence-electron chi connectivity index (χ3n) is 9.48. The Labute approximate surface area is 377 Å². The van der Waals surface area contributed by atoms with E-state index in [1.165, 1.54) is 28.0 Å². The molecule has 0 spiro atoms. The molecule has 65 heavy (non-hydrogen) atoms. The van der Waals surface area contributed by atoms with E-state index >= 15 is 0 Å². The number of benzene rings is 5. The molecule has 5 aromatic rings. The van der Waals surface area contributed by atoms with E-state index in [1.807, 2.05) is 121 Å². The molecule has 0 atom stereocenters. The fraction of sp³-hybridized carbons (Fsp3) is 0.250. The molecule has 0 aliphatic rings. The van der Waals surface area contributed by atoms with Crippen LogP contribution in [0.1, 0.15) is 43.0 Å². The number of nitrogens with one attached hydrogen (secondary N) is 4. The van der Waals surface area contributed by atoms with Crippen molar-refractivity contribution in [2.75, 3.05) is 58.1 Å². The molecule has 0 unspecified atom stereocenters. The number of carbonyl (C=O) groups excluding carboxylic acids is 6. The molecule has 0 bridgehead atoms. The van der Waals surface area contributed by atoms with E-state index < -0.39 is 36.2 Å². The monoisotopic (exact) mass is 887 g/mol. The van der Waals surface area contributed by atoms with Gasteiger partial charge in [0.1, 0.15) is 26.4 Å². The number of rotatable bonds is 22. The highest BCUT2D eigenvalue weighted by atomic mass is 16.6. The van der Waals surface area contributed by atoms with Gasteiger partial charge < -0.3 is 55.7 Å². The van der Waals surface area contributed by atoms with Gasteiger partial charge in [-0.25, -0.2) is 19.2 Å². The normalized spacial score (nSPS) is 10.4. The Morgan fingerprint density at radius 2 is 0.631 bits per heavy atom. The Bertz CT molecular complexity index is 2010. The summed E-state index contributed by atoms with van der Waals surface area (Å²) in [6.45, 7) is 0.0866. The Hall–Kier alpha value is -8.08. The topological polar surface area (TPSA) is 220 Å². The third-order valence-corrected chi connectivity index (χ3v) is 9.48. The van der Waals surface area contributed by atoms with Gasteiger partial charge in [-0.3, -0.25) is 9.59 Å². The first kappa shape index (κ1) is 48.0. The lowest BCUT2D eigenvalue weighted by atomic mass is 10.1. The van der Waals surface area contributed by atoms with Crippen LogP contribution in [0, 0.1) is 0 Å². The Balaban J connectivity index is 1.24. The standard InChI is InChI=1S/C48H53N7O10/c49-42-30-40(43(56)54(25-21-50-45(58)62-32-36-13-5-1-6-14-36)26-22-51-46(59)63-33-37-15-7-2-8-16-37)29-41(31-42)44(57)55(27-23-52-47(60)64-34-38-17-9-3-10-18-38)28-24-53-48(61)65-35-39-19-11-4-12-20-39/h1-20,29-31H,21-28,32-35,49H2,(H,50,58)(H,51,59)(H,52,60)(H,53,61). The lowest BCUT2D eigenvalue weighted by Crippen LogP contribution is -2.43. The summed E-state index contributed by atoms with van der Waals surface area (Å²) in [6, 6.07) is 40.7. The van der Waals surface area contributed by atoms with Gasteiger partial charge in [-0.1, -0.05) is 121 Å². The molecule has 0 aromatic heterocycles. The maximum Gasteiger partial charge on any atom is 0.407 e. The first-order valence-electron chi connectivity index (χ1n) is 20.9. The number of nitrogens with two attached hydrogens (primary N) is 1. The zero-order chi connectivity index (χ0) is 46.1. The zero-order valence-corrected chi connectivity index (χ0v) is 35.8. The molecule has 6 N–H and O–H groups in total. The van der Waals surface area contributed by atoms with E-state index in [-0.39, 0.29) is 95.6 Å². The molecule has 5 rings (SSSR count). The average molecular weight is 888 g/mol. The Morgan fingerprint density at radius 1 is 0.385 bits per heavy atom. The van der Waals surface area contributed by atoms with Gasteiger partial charge in [0.25, 0.3) is 11.8 Å². The minimum Gasteiger partial charge on any atom is -0.445 e. The quantitative estimate of drug-likeness (QED) is 0.0410. The van der Waals surface area contributed by atoms with Gasteiger partial charge in [-0.15, -0.1) is 0 Å². The van der Waals surface area contributed by atoms with Crippen molar-refractivity contribution in [1.82, 2.24) is 31.1 Å². The van der Waals surface area contributed by atoms with Crippen LogP contribution in [0.15, 0.2) is 140 Å². The number of nitrogen functional groups attached to an aromatic ring is 1. The molecule has 0 aliphatic carbocycles. The van der Waals surface area contributed by atoms with Crippen LogP contribution in [0.3, 0.4) is 0 Å². The van der Waals surface area contributed by atoms with Crippen molar-refractivity contribution in [3.8, 4) is 0 Å². The second-order valence-electron chi connectivity index (χ2n) is 14.4. The van der Waals surface area contributed by atoms with E-state index in [1.54, 1.807) is 0 Å². The van der Waals surface area contributed by atoms with Gasteiger partial charge in [0, 0.05) is 69.2 Å². The summed E-state index contributed by atoms with van der Waals surface area (Å²) in [4.78, 5) is 81.3. The first-order chi connectivity index (χ1) is 31.6. The van der Waals surface area contributed by atoms with Crippen LogP contribution < -0.4 is 27.0 Å². The fourth-order valence-electron chi connectivity index (χ4n) is 6.16. The highest BCUT2D eigenvalue weighted by molar-refractivity contribution is 6.01. The van der Waals surface area contributed by atoms with Crippen molar-refractivity contribution in [3.63, 3.8) is 0 Å². The van der Waals surface area contributed by atoms with E-state index in [4.69, 9.17) is 24.7 Å². The number of hydrogen-bond acceptors (Lipinski definition) is 11. The van der Waals surface area contributed by atoms with Crippen LogP contribution in [0.2, 0.25) is 0 Å². The van der Waals surface area contributed by atoms with Gasteiger partial charge >= 0.3 is 24.4 Å². The minimum atomic E-state index is -0.696. The molecule has 0 fully saturated rings. The van der Waals surface area contributed by atoms with Crippen molar-refractivity contribution in [3.05, 3.63) is 173 Å². The number of ether oxygens (including phenoxy) is 4. The Morgan fingerprint density at radius 3 is 0.877 bits per heavy atom. The first-order valence-corrected chi connectivity index (χ1v) is 20.9. The number of amides is 6. The molecule has 6 amide bonds. The maximum atomic E-state index is 14.2. The van der Waals surface area contributed by atoms with Crippen LogP contribution in [0.5, 0.6) is 0 Å². The molecule has 0 heterocycles. The number of nitrogens with zero attached hydrogens (tertiary/aromatic N) is 2. The number of alkyl carbamates (subject to hydrolysis) is 4. The van der Waals surface area contributed by atoms with E-state index in [2.05, 4.69) is 21.3 Å². The molecule has 0 saturated heterocycles. The Kier molecular flexibility index (Phi) is 19.5. The van der Waals surface area contributed by atoms with Crippen LogP contribution in [0.25, 0.3) is 0 Å². The fourth-order valence-corrected chi connectivity index (χ4v) is 6.16. The van der Waals surface area contributed by atoms with Crippen molar-refractivity contribution in [2.24, 2.45) is 0 Å². The lowest BCUT2D eigenvalue weighted by Gasteiger charge is -2.25. The molecule has 340 valence electrons. The summed E-state index contributed by atoms with van der Waals surface area (Å²) in [5.41, 5.74) is 9.68. The summed E-state index contributed by atoms with van der Waals surface area (Å²) < 4.78 is 21.2. The molecular weight excluding hydrogens is 835 g/mol. The van der Waals surface area contributed by atoms with Crippen molar-refractivity contribution in [2.45, 2.75) is 26.4 Å². The largest absolute Gasteiger partial charge is 0.445 e. The van der Waals surface area contributed by atoms with E-state index in [0.717, 1.165) is 22.3 Å². The molecule has 0 saturated carbocycles. The molecular formula is C48H53N7O10. The highest BCUT2D eigenvalue weighted by Crippen LogP contribution is 2.17. The van der Waals surface area contributed by atoms with Gasteiger partial charge in [0.15, 0.2) is 0 Å². The summed E-state index contributed by atoms with van der Waals surface area (Å²) in [7, 11) is 0. The predicted molar refractivity (Wildman–Crippen MR) is 241 cm³/mol. The summed E-state index contributed by atoms with van der Waals surface area (Å²) >= 11 is 0. The van der Waals surface area contributed by atoms with Crippen LogP contribution in [0.4, 0.5) is 24.9 Å². The second kappa shape index (κ2) is 26.4. The molecule has 0 aliphatic heterocycles. The van der Waals surface area contributed by atoms with Crippen molar-refractivity contribution >= 4 is 41.9 Å². The highest BCUT2D eigenvalue weighted by Gasteiger charge is 2.22. The predicted octanol–water partition coefficient (Wildman–Crippen LogP) is 5.86. The zero-order valence-electron chi connectivity index (χ0n) is 35.8. The van der Waals surface area contributed by atoms with Gasteiger partial charge in [0.2, 0.25) is 0 Å². The van der Waals surface area contributed by atoms with E-state index in [0.29, 0.717) is 0 Å². The van der Waals surface area contributed by atoms with Crippen LogP contribution in [-0.2, 0) is 45.4 Å². The van der Waals surface area contributed by atoms with Gasteiger partial charge in [-0.05, 0) is 40.5 Å². The molecule has 0 radical (unpaired) electrons. The maximum absolute atomic E-state index is 14.2. The minimum absolute atomic E-state index is 0.0116. The molecule has 17 heteroatoms. The van der Waals surface area contributed by atoms with Gasteiger partial charge in [0.05, 0.1) is 0 Å². The second-order valence-corrected chi connectivity index (χ2v) is 14.4. The van der Waals surface area contributed by atoms with Crippen molar-refractivity contribution < 1.29 is 47.7 Å². The average Bonchev–Trinajstić information content (AvgIpc) is 3.33. The molecule has 5 aromatic carbocycles. The van der Waals surface area contributed by atoms with E-state index in [9.17, 15) is 28.8 Å². The van der Waals surface area contributed by atoms with Crippen LogP contribution >= 0.6 is 0 Å². The van der Waals surface area contributed by atoms with Crippen LogP contribution in [-0.4, -0.2) is 98.3 Å². The van der Waals surface area contributed by atoms with Gasteiger partial charge in [-0.2, -0.15) is 0 Å². The number of carbonyl (C=O) groups is 6.